The zero-order valence-electron chi connectivity index (χ0n) is 18.3. The van der Waals surface area contributed by atoms with Crippen LogP contribution in [0.5, 0.6) is 0 Å². The summed E-state index contributed by atoms with van der Waals surface area (Å²) in [4.78, 5) is 33.4. The number of benzene rings is 3. The lowest BCUT2D eigenvalue weighted by molar-refractivity contribution is -0.113. The first-order valence-electron chi connectivity index (χ1n) is 11.0. The molecular weight excluding hydrogens is 541 g/mol. The zero-order chi connectivity index (χ0) is 23.7. The third kappa shape index (κ3) is 4.17. The van der Waals surface area contributed by atoms with Crippen molar-refractivity contribution in [1.82, 2.24) is 9.55 Å². The Labute approximate surface area is 210 Å². The number of aliphatic hydroxyl groups is 1. The predicted molar refractivity (Wildman–Crippen MR) is 142 cm³/mol. The van der Waals surface area contributed by atoms with Crippen LogP contribution in [0, 0.1) is 3.57 Å². The molecule has 1 aliphatic rings. The van der Waals surface area contributed by atoms with E-state index >= 15 is 0 Å². The summed E-state index contributed by atoms with van der Waals surface area (Å²) in [6.07, 6.45) is 2.13. The number of amides is 1. The molecule has 1 amide bonds. The van der Waals surface area contributed by atoms with E-state index in [1.54, 1.807) is 15.5 Å². The van der Waals surface area contributed by atoms with Crippen LogP contribution in [0.3, 0.4) is 0 Å². The van der Waals surface area contributed by atoms with E-state index in [0.717, 1.165) is 20.4 Å². The Bertz CT molecular complexity index is 1480. The number of para-hydroxylation sites is 1. The molecular formula is C27H22IN3O3. The van der Waals surface area contributed by atoms with Gasteiger partial charge in [-0.05, 0) is 64.9 Å². The van der Waals surface area contributed by atoms with Crippen molar-refractivity contribution in [3.8, 4) is 0 Å². The SMILES string of the molecule is O=C1/C(=C\c2nc3ccc(I)cc3c(=O)n2CCCO)c2ccccc2N1Cc1ccccc1. The molecule has 4 aromatic rings. The summed E-state index contributed by atoms with van der Waals surface area (Å²) in [5, 5.41) is 9.91. The molecule has 2 heterocycles. The Hall–Kier alpha value is -3.30. The maximum atomic E-state index is 13.6. The maximum Gasteiger partial charge on any atom is 0.261 e. The van der Waals surface area contributed by atoms with Crippen LogP contribution in [-0.4, -0.2) is 27.2 Å². The van der Waals surface area contributed by atoms with Gasteiger partial charge in [0.15, 0.2) is 0 Å². The molecule has 1 N–H and O–H groups in total. The Morgan fingerprint density at radius 3 is 2.53 bits per heavy atom. The minimum Gasteiger partial charge on any atom is -0.396 e. The van der Waals surface area contributed by atoms with Gasteiger partial charge in [0.1, 0.15) is 5.82 Å². The van der Waals surface area contributed by atoms with E-state index in [4.69, 9.17) is 4.98 Å². The fourth-order valence-corrected chi connectivity index (χ4v) is 4.75. The minimum absolute atomic E-state index is 0.0422. The summed E-state index contributed by atoms with van der Waals surface area (Å²) in [5.41, 5.74) is 3.59. The Kier molecular flexibility index (Phi) is 6.30. The van der Waals surface area contributed by atoms with Crippen LogP contribution in [-0.2, 0) is 17.9 Å². The number of carbonyl (C=O) groups excluding carboxylic acids is 1. The van der Waals surface area contributed by atoms with Gasteiger partial charge in [-0.2, -0.15) is 0 Å². The lowest BCUT2D eigenvalue weighted by Gasteiger charge is -2.17. The lowest BCUT2D eigenvalue weighted by Crippen LogP contribution is -2.26. The van der Waals surface area contributed by atoms with E-state index in [1.165, 1.54) is 0 Å². The molecule has 7 heteroatoms. The number of hydrogen-bond acceptors (Lipinski definition) is 4. The molecule has 0 aliphatic carbocycles. The standard InChI is InChI=1S/C27H22IN3O3/c28-19-11-12-23-22(15-19)27(34)30(13-6-14-32)25(29-23)16-21-20-9-4-5-10-24(20)31(26(21)33)17-18-7-2-1-3-8-18/h1-5,7-12,15-16,32H,6,13-14,17H2/b21-16-. The monoisotopic (exact) mass is 563 g/mol. The Morgan fingerprint density at radius 2 is 1.74 bits per heavy atom. The third-order valence-electron chi connectivity index (χ3n) is 5.90. The van der Waals surface area contributed by atoms with E-state index in [2.05, 4.69) is 22.6 Å². The molecule has 1 aliphatic heterocycles. The van der Waals surface area contributed by atoms with Crippen molar-refractivity contribution in [3.05, 3.63) is 104 Å². The average molecular weight is 563 g/mol. The second-order valence-electron chi connectivity index (χ2n) is 8.12. The molecule has 3 aromatic carbocycles. The van der Waals surface area contributed by atoms with Crippen LogP contribution in [0.25, 0.3) is 22.6 Å². The van der Waals surface area contributed by atoms with Crippen LogP contribution in [0.4, 0.5) is 5.69 Å². The molecule has 0 bridgehead atoms. The van der Waals surface area contributed by atoms with Gasteiger partial charge >= 0.3 is 0 Å². The largest absolute Gasteiger partial charge is 0.396 e. The number of halogens is 1. The van der Waals surface area contributed by atoms with Crippen molar-refractivity contribution >= 4 is 56.7 Å². The summed E-state index contributed by atoms with van der Waals surface area (Å²) < 4.78 is 2.50. The molecule has 6 nitrogen and oxygen atoms in total. The first kappa shape index (κ1) is 22.5. The average Bonchev–Trinajstić information content (AvgIpc) is 3.11. The van der Waals surface area contributed by atoms with Gasteiger partial charge in [0.25, 0.3) is 11.5 Å². The quantitative estimate of drug-likeness (QED) is 0.278. The number of carbonyl (C=O) groups is 1. The topological polar surface area (TPSA) is 75.4 Å². The third-order valence-corrected chi connectivity index (χ3v) is 6.57. The Balaban J connectivity index is 1.65. The van der Waals surface area contributed by atoms with Crippen molar-refractivity contribution in [3.63, 3.8) is 0 Å². The van der Waals surface area contributed by atoms with Crippen molar-refractivity contribution < 1.29 is 9.90 Å². The van der Waals surface area contributed by atoms with Crippen LogP contribution in [0.1, 0.15) is 23.4 Å². The maximum absolute atomic E-state index is 13.6. The first-order valence-corrected chi connectivity index (χ1v) is 12.1. The molecule has 0 saturated heterocycles. The van der Waals surface area contributed by atoms with Crippen LogP contribution < -0.4 is 10.5 Å². The second kappa shape index (κ2) is 9.52. The lowest BCUT2D eigenvalue weighted by atomic mass is 10.1. The van der Waals surface area contributed by atoms with Crippen molar-refractivity contribution in [2.75, 3.05) is 11.5 Å². The van der Waals surface area contributed by atoms with Gasteiger partial charge in [-0.25, -0.2) is 4.98 Å². The van der Waals surface area contributed by atoms with Crippen LogP contribution in [0.15, 0.2) is 77.6 Å². The van der Waals surface area contributed by atoms with E-state index in [0.29, 0.717) is 41.8 Å². The highest BCUT2D eigenvalue weighted by molar-refractivity contribution is 14.1. The molecule has 34 heavy (non-hydrogen) atoms. The number of aromatic nitrogens is 2. The number of anilines is 1. The van der Waals surface area contributed by atoms with Crippen LogP contribution in [0.2, 0.25) is 0 Å². The number of fused-ring (bicyclic) bond motifs is 2. The highest BCUT2D eigenvalue weighted by Gasteiger charge is 2.32. The molecule has 170 valence electrons. The van der Waals surface area contributed by atoms with Gasteiger partial charge in [0.05, 0.1) is 28.7 Å². The summed E-state index contributed by atoms with van der Waals surface area (Å²) in [6, 6.07) is 23.1. The van der Waals surface area contributed by atoms with E-state index < -0.39 is 0 Å². The van der Waals surface area contributed by atoms with Gasteiger partial charge in [-0.3, -0.25) is 14.2 Å². The van der Waals surface area contributed by atoms with E-state index in [-0.39, 0.29) is 18.1 Å². The van der Waals surface area contributed by atoms with Crippen LogP contribution >= 0.6 is 22.6 Å². The highest BCUT2D eigenvalue weighted by Crippen LogP contribution is 2.38. The van der Waals surface area contributed by atoms with E-state index in [9.17, 15) is 14.7 Å². The van der Waals surface area contributed by atoms with Gasteiger partial charge in [-0.1, -0.05) is 48.5 Å². The molecule has 1 aromatic heterocycles. The Morgan fingerprint density at radius 1 is 0.971 bits per heavy atom. The molecule has 0 atom stereocenters. The predicted octanol–water partition coefficient (Wildman–Crippen LogP) is 4.47. The smallest absolute Gasteiger partial charge is 0.261 e. The summed E-state index contributed by atoms with van der Waals surface area (Å²) in [5.74, 6) is 0.280. The molecule has 0 unspecified atom stereocenters. The highest BCUT2D eigenvalue weighted by atomic mass is 127. The summed E-state index contributed by atoms with van der Waals surface area (Å²) in [6.45, 7) is 0.723. The number of nitrogens with zero attached hydrogens (tertiary/aromatic N) is 3. The minimum atomic E-state index is -0.177. The number of rotatable bonds is 6. The fourth-order valence-electron chi connectivity index (χ4n) is 4.26. The second-order valence-corrected chi connectivity index (χ2v) is 9.36. The van der Waals surface area contributed by atoms with E-state index in [1.807, 2.05) is 72.8 Å². The normalized spacial score (nSPS) is 14.2. The molecule has 5 rings (SSSR count). The molecule has 0 saturated carbocycles. The molecule has 0 radical (unpaired) electrons. The fraction of sp³-hybridized carbons (Fsp3) is 0.148. The van der Waals surface area contributed by atoms with Crippen molar-refractivity contribution in [2.24, 2.45) is 0 Å². The number of hydrogen-bond donors (Lipinski definition) is 1. The van der Waals surface area contributed by atoms with Crippen molar-refractivity contribution in [1.29, 1.82) is 0 Å². The van der Waals surface area contributed by atoms with Gasteiger partial charge in [0, 0.05) is 22.3 Å². The summed E-state index contributed by atoms with van der Waals surface area (Å²) >= 11 is 2.17. The van der Waals surface area contributed by atoms with Gasteiger partial charge in [-0.15, -0.1) is 0 Å². The first-order chi connectivity index (χ1) is 16.6. The van der Waals surface area contributed by atoms with Gasteiger partial charge < -0.3 is 10.0 Å². The summed E-state index contributed by atoms with van der Waals surface area (Å²) in [7, 11) is 0. The zero-order valence-corrected chi connectivity index (χ0v) is 20.5. The van der Waals surface area contributed by atoms with Crippen molar-refractivity contribution in [2.45, 2.75) is 19.5 Å². The molecule has 0 spiro atoms. The number of aliphatic hydroxyl groups excluding tert-OH is 1. The van der Waals surface area contributed by atoms with Gasteiger partial charge in [0.2, 0.25) is 0 Å². The molecule has 0 fully saturated rings.